The van der Waals surface area contributed by atoms with Gasteiger partial charge in [0.15, 0.2) is 0 Å². The third kappa shape index (κ3) is 3.22. The normalized spacial score (nSPS) is 13.0. The number of aromatic nitrogens is 1. The number of hydrogen-bond acceptors (Lipinski definition) is 3. The highest BCUT2D eigenvalue weighted by atomic mass is 16.2. The van der Waals surface area contributed by atoms with Gasteiger partial charge in [-0.2, -0.15) is 0 Å². The monoisotopic (exact) mass is 249 g/mol. The maximum Gasteiger partial charge on any atom is 0.272 e. The van der Waals surface area contributed by atoms with Crippen molar-refractivity contribution in [2.24, 2.45) is 5.41 Å². The first-order chi connectivity index (χ1) is 8.27. The molecule has 1 atom stereocenters. The summed E-state index contributed by atoms with van der Waals surface area (Å²) in [6, 6.07) is 3.76. The topological polar surface area (TPSA) is 45.2 Å². The van der Waals surface area contributed by atoms with Gasteiger partial charge in [0.25, 0.3) is 5.91 Å². The zero-order valence-electron chi connectivity index (χ0n) is 12.1. The van der Waals surface area contributed by atoms with Gasteiger partial charge < -0.3 is 10.2 Å². The summed E-state index contributed by atoms with van der Waals surface area (Å²) in [5, 5.41) is 2.98. The van der Waals surface area contributed by atoms with Crippen LogP contribution in [0.4, 0.5) is 5.69 Å². The number of anilines is 1. The smallest absolute Gasteiger partial charge is 0.272 e. The molecule has 18 heavy (non-hydrogen) atoms. The zero-order chi connectivity index (χ0) is 13.9. The molecule has 0 aliphatic rings. The van der Waals surface area contributed by atoms with Crippen LogP contribution in [0.3, 0.4) is 0 Å². The van der Waals surface area contributed by atoms with E-state index in [9.17, 15) is 4.79 Å². The summed E-state index contributed by atoms with van der Waals surface area (Å²) in [6.07, 6.45) is 1.67. The molecular weight excluding hydrogens is 226 g/mol. The lowest BCUT2D eigenvalue weighted by Gasteiger charge is -2.35. The van der Waals surface area contributed by atoms with Crippen molar-refractivity contribution in [3.63, 3.8) is 0 Å². The SMILES string of the molecule is CNc1ccc(C(=O)N(C)C(C)C(C)(C)C)nc1. The van der Waals surface area contributed by atoms with Gasteiger partial charge in [-0.1, -0.05) is 20.8 Å². The highest BCUT2D eigenvalue weighted by molar-refractivity contribution is 5.92. The molecule has 100 valence electrons. The number of rotatable bonds is 3. The highest BCUT2D eigenvalue weighted by Crippen LogP contribution is 2.24. The average molecular weight is 249 g/mol. The molecule has 1 amide bonds. The van der Waals surface area contributed by atoms with Gasteiger partial charge in [0.05, 0.1) is 11.9 Å². The van der Waals surface area contributed by atoms with Crippen LogP contribution in [-0.2, 0) is 0 Å². The van der Waals surface area contributed by atoms with Crippen molar-refractivity contribution in [1.82, 2.24) is 9.88 Å². The van der Waals surface area contributed by atoms with Crippen molar-refractivity contribution >= 4 is 11.6 Å². The Balaban J connectivity index is 2.86. The second kappa shape index (κ2) is 5.38. The molecule has 1 N–H and O–H groups in total. The summed E-state index contributed by atoms with van der Waals surface area (Å²) >= 11 is 0. The van der Waals surface area contributed by atoms with E-state index in [-0.39, 0.29) is 17.4 Å². The quantitative estimate of drug-likeness (QED) is 0.895. The fourth-order valence-electron chi connectivity index (χ4n) is 1.61. The van der Waals surface area contributed by atoms with Crippen LogP contribution in [0.15, 0.2) is 18.3 Å². The Morgan fingerprint density at radius 3 is 2.39 bits per heavy atom. The molecular formula is C14H23N3O. The molecule has 0 fully saturated rings. The molecule has 0 aliphatic heterocycles. The van der Waals surface area contributed by atoms with Crippen LogP contribution in [0.25, 0.3) is 0 Å². The molecule has 1 rings (SSSR count). The van der Waals surface area contributed by atoms with E-state index in [2.05, 4.69) is 38.0 Å². The van der Waals surface area contributed by atoms with Crippen molar-refractivity contribution in [2.75, 3.05) is 19.4 Å². The fraction of sp³-hybridized carbons (Fsp3) is 0.571. The summed E-state index contributed by atoms with van der Waals surface area (Å²) in [5.41, 5.74) is 1.43. The lowest BCUT2D eigenvalue weighted by molar-refractivity contribution is 0.0623. The van der Waals surface area contributed by atoms with E-state index in [0.717, 1.165) is 5.69 Å². The number of pyridine rings is 1. The van der Waals surface area contributed by atoms with Gasteiger partial charge in [0.1, 0.15) is 5.69 Å². The second-order valence-electron chi connectivity index (χ2n) is 5.64. The van der Waals surface area contributed by atoms with E-state index in [0.29, 0.717) is 5.69 Å². The second-order valence-corrected chi connectivity index (χ2v) is 5.64. The van der Waals surface area contributed by atoms with Gasteiger partial charge in [0, 0.05) is 20.1 Å². The van der Waals surface area contributed by atoms with Crippen LogP contribution >= 0.6 is 0 Å². The van der Waals surface area contributed by atoms with E-state index in [4.69, 9.17) is 0 Å². The lowest BCUT2D eigenvalue weighted by Crippen LogP contribution is -2.43. The summed E-state index contributed by atoms with van der Waals surface area (Å²) in [6.45, 7) is 8.43. The molecule has 0 bridgehead atoms. The van der Waals surface area contributed by atoms with Crippen LogP contribution in [0.1, 0.15) is 38.2 Å². The Morgan fingerprint density at radius 2 is 2.00 bits per heavy atom. The van der Waals surface area contributed by atoms with E-state index >= 15 is 0 Å². The van der Waals surface area contributed by atoms with Crippen molar-refractivity contribution in [3.8, 4) is 0 Å². The van der Waals surface area contributed by atoms with Crippen LogP contribution in [0, 0.1) is 5.41 Å². The van der Waals surface area contributed by atoms with Crippen LogP contribution < -0.4 is 5.32 Å². The molecule has 1 unspecified atom stereocenters. The summed E-state index contributed by atoms with van der Waals surface area (Å²) < 4.78 is 0. The first-order valence-electron chi connectivity index (χ1n) is 6.18. The van der Waals surface area contributed by atoms with E-state index in [1.807, 2.05) is 20.2 Å². The summed E-state index contributed by atoms with van der Waals surface area (Å²) in [4.78, 5) is 18.2. The molecule has 0 radical (unpaired) electrons. The first kappa shape index (κ1) is 14.5. The van der Waals surface area contributed by atoms with Gasteiger partial charge in [-0.25, -0.2) is 4.98 Å². The number of hydrogen-bond donors (Lipinski definition) is 1. The summed E-state index contributed by atoms with van der Waals surface area (Å²) in [7, 11) is 3.65. The molecule has 1 aromatic heterocycles. The average Bonchev–Trinajstić information content (AvgIpc) is 2.35. The Morgan fingerprint density at radius 1 is 1.39 bits per heavy atom. The molecule has 1 heterocycles. The Bertz CT molecular complexity index is 406. The number of nitrogens with zero attached hydrogens (tertiary/aromatic N) is 2. The largest absolute Gasteiger partial charge is 0.387 e. The van der Waals surface area contributed by atoms with E-state index < -0.39 is 0 Å². The molecule has 0 saturated heterocycles. The molecule has 4 heteroatoms. The van der Waals surface area contributed by atoms with Gasteiger partial charge >= 0.3 is 0 Å². The third-order valence-corrected chi connectivity index (χ3v) is 3.43. The van der Waals surface area contributed by atoms with E-state index in [1.165, 1.54) is 0 Å². The van der Waals surface area contributed by atoms with Crippen molar-refractivity contribution < 1.29 is 4.79 Å². The van der Waals surface area contributed by atoms with Crippen molar-refractivity contribution in [1.29, 1.82) is 0 Å². The van der Waals surface area contributed by atoms with Crippen molar-refractivity contribution in [3.05, 3.63) is 24.0 Å². The molecule has 4 nitrogen and oxygen atoms in total. The molecule has 0 saturated carbocycles. The fourth-order valence-corrected chi connectivity index (χ4v) is 1.61. The standard InChI is InChI=1S/C14H23N3O/c1-10(14(2,3)4)17(6)13(18)12-8-7-11(15-5)9-16-12/h7-10,15H,1-6H3. The minimum absolute atomic E-state index is 0.0416. The van der Waals surface area contributed by atoms with Crippen LogP contribution in [-0.4, -0.2) is 35.9 Å². The Kier molecular flexibility index (Phi) is 4.33. The zero-order valence-corrected chi connectivity index (χ0v) is 12.1. The summed E-state index contributed by atoms with van der Waals surface area (Å²) in [5.74, 6) is -0.0416. The Labute approximate surface area is 109 Å². The van der Waals surface area contributed by atoms with Gasteiger partial charge in [0.2, 0.25) is 0 Å². The predicted molar refractivity (Wildman–Crippen MR) is 74.8 cm³/mol. The molecule has 0 aromatic carbocycles. The minimum atomic E-state index is -0.0416. The number of nitrogens with one attached hydrogen (secondary N) is 1. The molecule has 0 aliphatic carbocycles. The van der Waals surface area contributed by atoms with E-state index in [1.54, 1.807) is 17.2 Å². The van der Waals surface area contributed by atoms with Gasteiger partial charge in [-0.3, -0.25) is 4.79 Å². The third-order valence-electron chi connectivity index (χ3n) is 3.43. The van der Waals surface area contributed by atoms with Crippen LogP contribution in [0.2, 0.25) is 0 Å². The van der Waals surface area contributed by atoms with Crippen LogP contribution in [0.5, 0.6) is 0 Å². The maximum atomic E-state index is 12.3. The number of amides is 1. The number of carbonyl (C=O) groups excluding carboxylic acids is 1. The molecule has 0 spiro atoms. The Hall–Kier alpha value is -1.58. The predicted octanol–water partition coefficient (Wildman–Crippen LogP) is 2.63. The molecule has 1 aromatic rings. The number of carbonyl (C=O) groups is 1. The highest BCUT2D eigenvalue weighted by Gasteiger charge is 2.27. The maximum absolute atomic E-state index is 12.3. The van der Waals surface area contributed by atoms with Gasteiger partial charge in [-0.05, 0) is 24.5 Å². The lowest BCUT2D eigenvalue weighted by atomic mass is 9.87. The first-order valence-corrected chi connectivity index (χ1v) is 6.18. The van der Waals surface area contributed by atoms with Gasteiger partial charge in [-0.15, -0.1) is 0 Å². The minimum Gasteiger partial charge on any atom is -0.387 e. The van der Waals surface area contributed by atoms with Crippen molar-refractivity contribution in [2.45, 2.75) is 33.7 Å².